The molecule has 4 fully saturated rings. The van der Waals surface area contributed by atoms with Crippen molar-refractivity contribution in [3.8, 4) is 0 Å². The average Bonchev–Trinajstić information content (AvgIpc) is 2.94. The highest BCUT2D eigenvalue weighted by Gasteiger charge is 2.51. The zero-order valence-electron chi connectivity index (χ0n) is 26.5. The van der Waals surface area contributed by atoms with Gasteiger partial charge in [0.15, 0.2) is 0 Å². The molecular formula is C35H49N3O4S. The van der Waals surface area contributed by atoms with Gasteiger partial charge in [-0.15, -0.1) is 0 Å². The number of carbonyl (C=O) groups excluding carboxylic acids is 2. The van der Waals surface area contributed by atoms with Crippen molar-refractivity contribution in [2.24, 2.45) is 23.7 Å². The van der Waals surface area contributed by atoms with Crippen LogP contribution in [0.5, 0.6) is 0 Å². The summed E-state index contributed by atoms with van der Waals surface area (Å²) < 4.78 is 27.4. The Balaban J connectivity index is 1.39. The number of benzene rings is 2. The molecule has 0 aromatic heterocycles. The van der Waals surface area contributed by atoms with E-state index in [1.807, 2.05) is 64.1 Å². The Morgan fingerprint density at radius 2 is 1.49 bits per heavy atom. The molecule has 2 aromatic carbocycles. The van der Waals surface area contributed by atoms with Crippen LogP contribution in [0.2, 0.25) is 0 Å². The van der Waals surface area contributed by atoms with E-state index >= 15 is 0 Å². The van der Waals surface area contributed by atoms with Gasteiger partial charge in [-0.2, -0.15) is 0 Å². The number of hydrogen-bond donors (Lipinski definition) is 1. The molecule has 2 amide bonds. The van der Waals surface area contributed by atoms with Crippen molar-refractivity contribution in [2.45, 2.75) is 90.6 Å². The molecule has 0 aliphatic heterocycles. The lowest BCUT2D eigenvalue weighted by atomic mass is 9.48. The zero-order chi connectivity index (χ0) is 30.9. The maximum atomic E-state index is 14.0. The second-order valence-corrected chi connectivity index (χ2v) is 16.0. The van der Waals surface area contributed by atoms with Crippen molar-refractivity contribution in [2.75, 3.05) is 23.7 Å². The van der Waals surface area contributed by atoms with Crippen LogP contribution in [0.3, 0.4) is 0 Å². The smallest absolute Gasteiger partial charge is 0.244 e. The molecule has 1 N–H and O–H groups in total. The molecule has 8 heteroatoms. The van der Waals surface area contributed by atoms with Crippen LogP contribution in [-0.2, 0) is 31.6 Å². The van der Waals surface area contributed by atoms with E-state index in [1.54, 1.807) is 4.90 Å². The Morgan fingerprint density at radius 1 is 0.930 bits per heavy atom. The van der Waals surface area contributed by atoms with Crippen LogP contribution in [0.4, 0.5) is 5.69 Å². The molecule has 1 atom stereocenters. The Hall–Kier alpha value is -2.87. The molecule has 0 heterocycles. The highest BCUT2D eigenvalue weighted by atomic mass is 32.2. The molecule has 0 spiro atoms. The van der Waals surface area contributed by atoms with Crippen LogP contribution in [0.1, 0.15) is 82.4 Å². The van der Waals surface area contributed by atoms with Crippen LogP contribution in [-0.4, -0.2) is 50.5 Å². The van der Waals surface area contributed by atoms with Crippen LogP contribution >= 0.6 is 0 Å². The molecule has 43 heavy (non-hydrogen) atoms. The van der Waals surface area contributed by atoms with E-state index in [0.29, 0.717) is 18.7 Å². The number of nitrogens with zero attached hydrogens (tertiary/aromatic N) is 2. The molecule has 4 bridgehead atoms. The lowest BCUT2D eigenvalue weighted by Gasteiger charge is -2.57. The predicted molar refractivity (Wildman–Crippen MR) is 172 cm³/mol. The van der Waals surface area contributed by atoms with Gasteiger partial charge in [-0.05, 0) is 104 Å². The van der Waals surface area contributed by atoms with Gasteiger partial charge in [-0.3, -0.25) is 13.9 Å². The minimum atomic E-state index is -3.77. The van der Waals surface area contributed by atoms with Gasteiger partial charge >= 0.3 is 0 Å². The Morgan fingerprint density at radius 3 is 1.98 bits per heavy atom. The molecule has 4 aliphatic carbocycles. The van der Waals surface area contributed by atoms with Crippen molar-refractivity contribution >= 4 is 27.5 Å². The highest BCUT2D eigenvalue weighted by Crippen LogP contribution is 2.60. The van der Waals surface area contributed by atoms with Gasteiger partial charge in [-0.25, -0.2) is 8.42 Å². The summed E-state index contributed by atoms with van der Waals surface area (Å²) in [7, 11) is -3.77. The van der Waals surface area contributed by atoms with Gasteiger partial charge in [0.1, 0.15) is 12.6 Å². The summed E-state index contributed by atoms with van der Waals surface area (Å²) in [5.74, 6) is 2.11. The number of rotatable bonds is 12. The van der Waals surface area contributed by atoms with Gasteiger partial charge in [-0.1, -0.05) is 62.7 Å². The molecule has 6 rings (SSSR count). The van der Waals surface area contributed by atoms with E-state index in [9.17, 15) is 18.0 Å². The number of anilines is 1. The first kappa shape index (κ1) is 31.6. The minimum Gasteiger partial charge on any atom is -0.354 e. The molecule has 0 saturated heterocycles. The molecular weight excluding hydrogens is 558 g/mol. The van der Waals surface area contributed by atoms with Crippen LogP contribution in [0, 0.1) is 30.6 Å². The van der Waals surface area contributed by atoms with Gasteiger partial charge < -0.3 is 10.2 Å². The third-order valence-electron chi connectivity index (χ3n) is 10.0. The molecule has 0 radical (unpaired) electrons. The first-order valence-electron chi connectivity index (χ1n) is 16.1. The fraction of sp³-hybridized carbons (Fsp3) is 0.600. The van der Waals surface area contributed by atoms with Gasteiger partial charge in [0.2, 0.25) is 21.8 Å². The summed E-state index contributed by atoms with van der Waals surface area (Å²) >= 11 is 0. The summed E-state index contributed by atoms with van der Waals surface area (Å²) in [6, 6.07) is 15.1. The van der Waals surface area contributed by atoms with E-state index in [-0.39, 0.29) is 30.3 Å². The Labute approximate surface area is 258 Å². The normalized spacial score (nSPS) is 25.0. The average molecular weight is 608 g/mol. The molecule has 7 nitrogen and oxygen atoms in total. The molecule has 2 aromatic rings. The number of sulfonamides is 1. The molecule has 4 aliphatic rings. The number of nitrogens with one attached hydrogen (secondary N) is 1. The number of amides is 2. The predicted octanol–water partition coefficient (Wildman–Crippen LogP) is 5.81. The maximum Gasteiger partial charge on any atom is 0.244 e. The number of carbonyl (C=O) groups is 2. The summed E-state index contributed by atoms with van der Waals surface area (Å²) in [6.07, 6.45) is 9.37. The first-order chi connectivity index (χ1) is 20.4. The first-order valence-corrected chi connectivity index (χ1v) is 17.9. The van der Waals surface area contributed by atoms with E-state index in [2.05, 4.69) is 17.4 Å². The van der Waals surface area contributed by atoms with Crippen molar-refractivity contribution in [3.63, 3.8) is 0 Å². The Kier molecular flexibility index (Phi) is 9.26. The third-order valence-corrected chi connectivity index (χ3v) is 11.2. The summed E-state index contributed by atoms with van der Waals surface area (Å²) in [5, 5.41) is 2.97. The van der Waals surface area contributed by atoms with Gasteiger partial charge in [0, 0.05) is 13.1 Å². The van der Waals surface area contributed by atoms with E-state index in [1.165, 1.54) is 48.4 Å². The minimum absolute atomic E-state index is 0.210. The van der Waals surface area contributed by atoms with Crippen molar-refractivity contribution < 1.29 is 18.0 Å². The van der Waals surface area contributed by atoms with Crippen molar-refractivity contribution in [1.82, 2.24) is 10.2 Å². The van der Waals surface area contributed by atoms with Gasteiger partial charge in [0.05, 0.1) is 11.9 Å². The lowest BCUT2D eigenvalue weighted by Crippen LogP contribution is -2.52. The summed E-state index contributed by atoms with van der Waals surface area (Å²) in [5.41, 5.74) is 3.99. The fourth-order valence-electron chi connectivity index (χ4n) is 8.29. The van der Waals surface area contributed by atoms with Crippen LogP contribution < -0.4 is 9.62 Å². The second kappa shape index (κ2) is 12.6. The zero-order valence-corrected chi connectivity index (χ0v) is 27.3. The highest BCUT2D eigenvalue weighted by molar-refractivity contribution is 7.92. The largest absolute Gasteiger partial charge is 0.354 e. The molecule has 4 saturated carbocycles. The van der Waals surface area contributed by atoms with E-state index in [0.717, 1.165) is 35.1 Å². The lowest BCUT2D eigenvalue weighted by molar-refractivity contribution is -0.140. The van der Waals surface area contributed by atoms with Crippen molar-refractivity contribution in [3.05, 3.63) is 65.2 Å². The standard InChI is InChI=1S/C35H49N3O4S/c1-6-32(34(40)36-21-24(2)3)37(22-26-9-7-25(4)8-10-26)33(39)23-38(43(5,41)42)31-13-11-30(12-14-31)35-18-27-15-28(19-35)17-29(16-27)20-35/h7-14,24,27-29,32H,6,15-23H2,1-5H3,(H,36,40)/t27?,28?,29?,32-,35?/m0/s1. The Bertz CT molecular complexity index is 1370. The van der Waals surface area contributed by atoms with E-state index in [4.69, 9.17) is 0 Å². The van der Waals surface area contributed by atoms with Crippen LogP contribution in [0.25, 0.3) is 0 Å². The monoisotopic (exact) mass is 607 g/mol. The van der Waals surface area contributed by atoms with Crippen LogP contribution in [0.15, 0.2) is 48.5 Å². The summed E-state index contributed by atoms with van der Waals surface area (Å²) in [4.78, 5) is 28.9. The SMILES string of the molecule is CC[C@@H](C(=O)NCC(C)C)N(Cc1ccc(C)cc1)C(=O)CN(c1ccc(C23CC4CC(CC(C4)C2)C3)cc1)S(C)(=O)=O. The molecule has 234 valence electrons. The number of aryl methyl sites for hydroxylation is 1. The fourth-order valence-corrected chi connectivity index (χ4v) is 9.14. The number of hydrogen-bond acceptors (Lipinski definition) is 4. The van der Waals surface area contributed by atoms with Gasteiger partial charge in [0.25, 0.3) is 0 Å². The topological polar surface area (TPSA) is 86.8 Å². The van der Waals surface area contributed by atoms with Crippen molar-refractivity contribution in [1.29, 1.82) is 0 Å². The maximum absolute atomic E-state index is 14.0. The third kappa shape index (κ3) is 7.11. The molecule has 0 unspecified atom stereocenters. The summed E-state index contributed by atoms with van der Waals surface area (Å²) in [6.45, 7) is 8.29. The quantitative estimate of drug-likeness (QED) is 0.330. The van der Waals surface area contributed by atoms with E-state index < -0.39 is 22.0 Å². The second-order valence-electron chi connectivity index (χ2n) is 14.1.